The lowest BCUT2D eigenvalue weighted by atomic mass is 10.2. The number of halogens is 2. The molecule has 0 aromatic heterocycles. The number of benzene rings is 1. The van der Waals surface area contributed by atoms with Gasteiger partial charge in [0.1, 0.15) is 5.75 Å². The summed E-state index contributed by atoms with van der Waals surface area (Å²) in [6, 6.07) is 5.72. The highest BCUT2D eigenvalue weighted by atomic mass is 19.3. The van der Waals surface area contributed by atoms with Crippen LogP contribution in [0.15, 0.2) is 24.3 Å². The molecule has 0 spiro atoms. The summed E-state index contributed by atoms with van der Waals surface area (Å²) in [7, 11) is 0. The van der Waals surface area contributed by atoms with E-state index in [-0.39, 0.29) is 11.7 Å². The number of nitrogens with zero attached hydrogens (tertiary/aromatic N) is 1. The van der Waals surface area contributed by atoms with Gasteiger partial charge in [-0.15, -0.1) is 0 Å². The normalized spacial score (nSPS) is 16.1. The Balaban J connectivity index is 1.67. The molecule has 2 rings (SSSR count). The number of carbonyl (C=O) groups excluding carboxylic acids is 1. The van der Waals surface area contributed by atoms with Gasteiger partial charge in [-0.1, -0.05) is 12.8 Å². The van der Waals surface area contributed by atoms with Crippen molar-refractivity contribution < 1.29 is 18.3 Å². The lowest BCUT2D eigenvalue weighted by molar-refractivity contribution is -0.0498. The number of carbonyl (C=O) groups is 1. The van der Waals surface area contributed by atoms with Crippen molar-refractivity contribution in [3.63, 3.8) is 0 Å². The number of hydrogen-bond acceptors (Lipinski definition) is 3. The SMILES string of the molecule is O=C(NCCCN1CCCCCC1)c1ccc(OC(F)F)cc1. The van der Waals surface area contributed by atoms with E-state index in [1.165, 1.54) is 49.9 Å². The first-order valence-corrected chi connectivity index (χ1v) is 8.20. The number of ether oxygens (including phenoxy) is 1. The van der Waals surface area contributed by atoms with Gasteiger partial charge < -0.3 is 15.0 Å². The van der Waals surface area contributed by atoms with Crippen LogP contribution in [0.2, 0.25) is 0 Å². The van der Waals surface area contributed by atoms with Crippen molar-refractivity contribution in [2.45, 2.75) is 38.7 Å². The van der Waals surface area contributed by atoms with Crippen LogP contribution in [0.3, 0.4) is 0 Å². The fraction of sp³-hybridized carbons (Fsp3) is 0.588. The summed E-state index contributed by atoms with van der Waals surface area (Å²) in [5.74, 6) is -0.137. The van der Waals surface area contributed by atoms with Gasteiger partial charge >= 0.3 is 6.61 Å². The fourth-order valence-corrected chi connectivity index (χ4v) is 2.75. The number of alkyl halides is 2. The number of rotatable bonds is 7. The molecule has 0 saturated carbocycles. The fourth-order valence-electron chi connectivity index (χ4n) is 2.75. The maximum atomic E-state index is 12.1. The molecule has 0 radical (unpaired) electrons. The van der Waals surface area contributed by atoms with Gasteiger partial charge in [0.05, 0.1) is 0 Å². The number of nitrogens with one attached hydrogen (secondary N) is 1. The highest BCUT2D eigenvalue weighted by Crippen LogP contribution is 2.15. The Hall–Kier alpha value is -1.69. The second-order valence-corrected chi connectivity index (χ2v) is 5.77. The minimum atomic E-state index is -2.85. The number of likely N-dealkylation sites (tertiary alicyclic amines) is 1. The Kier molecular flexibility index (Phi) is 7.26. The van der Waals surface area contributed by atoms with E-state index in [9.17, 15) is 13.6 Å². The predicted molar refractivity (Wildman–Crippen MR) is 84.9 cm³/mol. The molecular weight excluding hydrogens is 302 g/mol. The zero-order chi connectivity index (χ0) is 16.5. The van der Waals surface area contributed by atoms with E-state index in [0.717, 1.165) is 26.1 Å². The lowest BCUT2D eigenvalue weighted by Crippen LogP contribution is -2.30. The highest BCUT2D eigenvalue weighted by molar-refractivity contribution is 5.94. The summed E-state index contributed by atoms with van der Waals surface area (Å²) in [6.45, 7) is 1.07. The first-order chi connectivity index (χ1) is 11.1. The van der Waals surface area contributed by atoms with E-state index in [4.69, 9.17) is 0 Å². The van der Waals surface area contributed by atoms with Crippen LogP contribution >= 0.6 is 0 Å². The van der Waals surface area contributed by atoms with Crippen molar-refractivity contribution in [1.82, 2.24) is 10.2 Å². The van der Waals surface area contributed by atoms with E-state index in [0.29, 0.717) is 12.1 Å². The molecule has 1 saturated heterocycles. The van der Waals surface area contributed by atoms with Gasteiger partial charge in [0.15, 0.2) is 0 Å². The van der Waals surface area contributed by atoms with Crippen molar-refractivity contribution in [2.75, 3.05) is 26.2 Å². The molecule has 1 fully saturated rings. The molecule has 1 N–H and O–H groups in total. The minimum Gasteiger partial charge on any atom is -0.435 e. The number of amides is 1. The third kappa shape index (κ3) is 6.52. The van der Waals surface area contributed by atoms with Gasteiger partial charge in [-0.2, -0.15) is 8.78 Å². The summed E-state index contributed by atoms with van der Waals surface area (Å²) < 4.78 is 28.4. The zero-order valence-corrected chi connectivity index (χ0v) is 13.3. The Morgan fingerprint density at radius 1 is 1.13 bits per heavy atom. The van der Waals surface area contributed by atoms with E-state index < -0.39 is 6.61 Å². The quantitative estimate of drug-likeness (QED) is 0.782. The van der Waals surface area contributed by atoms with Crippen LogP contribution in [0.5, 0.6) is 5.75 Å². The summed E-state index contributed by atoms with van der Waals surface area (Å²) in [4.78, 5) is 14.4. The van der Waals surface area contributed by atoms with Crippen molar-refractivity contribution >= 4 is 5.91 Å². The lowest BCUT2D eigenvalue weighted by Gasteiger charge is -2.19. The maximum absolute atomic E-state index is 12.1. The Bertz CT molecular complexity index is 472. The molecule has 6 heteroatoms. The van der Waals surface area contributed by atoms with Gasteiger partial charge in [-0.3, -0.25) is 4.79 Å². The third-order valence-electron chi connectivity index (χ3n) is 3.98. The summed E-state index contributed by atoms with van der Waals surface area (Å²) in [5.41, 5.74) is 0.446. The molecule has 23 heavy (non-hydrogen) atoms. The predicted octanol–water partition coefficient (Wildman–Crippen LogP) is 3.28. The van der Waals surface area contributed by atoms with Crippen LogP contribution in [0.4, 0.5) is 8.78 Å². The van der Waals surface area contributed by atoms with E-state index >= 15 is 0 Å². The molecule has 0 atom stereocenters. The van der Waals surface area contributed by atoms with Crippen molar-refractivity contribution in [3.8, 4) is 5.75 Å². The first kappa shape index (κ1) is 17.7. The molecule has 0 aliphatic carbocycles. The topological polar surface area (TPSA) is 41.6 Å². The second-order valence-electron chi connectivity index (χ2n) is 5.77. The Morgan fingerprint density at radius 3 is 2.39 bits per heavy atom. The van der Waals surface area contributed by atoms with Crippen LogP contribution in [0, 0.1) is 0 Å². The average molecular weight is 326 g/mol. The van der Waals surface area contributed by atoms with E-state index in [2.05, 4.69) is 15.0 Å². The van der Waals surface area contributed by atoms with Crippen LogP contribution in [0.25, 0.3) is 0 Å². The molecule has 4 nitrogen and oxygen atoms in total. The van der Waals surface area contributed by atoms with Gasteiger partial charge in [0.25, 0.3) is 5.91 Å². The standard InChI is InChI=1S/C17H24F2N2O2/c18-17(19)23-15-8-6-14(7-9-15)16(22)20-10-5-13-21-11-3-1-2-4-12-21/h6-9,17H,1-5,10-13H2,(H,20,22). The molecule has 1 amide bonds. The Labute approximate surface area is 135 Å². The Morgan fingerprint density at radius 2 is 1.78 bits per heavy atom. The van der Waals surface area contributed by atoms with E-state index in [1.807, 2.05) is 0 Å². The molecule has 128 valence electrons. The van der Waals surface area contributed by atoms with E-state index in [1.54, 1.807) is 0 Å². The second kappa shape index (κ2) is 9.45. The van der Waals surface area contributed by atoms with Crippen LogP contribution < -0.4 is 10.1 Å². The van der Waals surface area contributed by atoms with Gasteiger partial charge in [-0.25, -0.2) is 0 Å². The van der Waals surface area contributed by atoms with Crippen LogP contribution in [-0.4, -0.2) is 43.6 Å². The van der Waals surface area contributed by atoms with Crippen LogP contribution in [0.1, 0.15) is 42.5 Å². The van der Waals surface area contributed by atoms with Gasteiger partial charge in [0.2, 0.25) is 0 Å². The highest BCUT2D eigenvalue weighted by Gasteiger charge is 2.10. The largest absolute Gasteiger partial charge is 0.435 e. The first-order valence-electron chi connectivity index (χ1n) is 8.20. The molecule has 0 bridgehead atoms. The monoisotopic (exact) mass is 326 g/mol. The zero-order valence-electron chi connectivity index (χ0n) is 13.3. The smallest absolute Gasteiger partial charge is 0.387 e. The molecule has 1 aromatic rings. The maximum Gasteiger partial charge on any atom is 0.387 e. The van der Waals surface area contributed by atoms with Crippen molar-refractivity contribution in [2.24, 2.45) is 0 Å². The molecule has 1 aromatic carbocycles. The van der Waals surface area contributed by atoms with Crippen molar-refractivity contribution in [3.05, 3.63) is 29.8 Å². The molecular formula is C17H24F2N2O2. The van der Waals surface area contributed by atoms with Crippen LogP contribution in [-0.2, 0) is 0 Å². The average Bonchev–Trinajstić information content (AvgIpc) is 2.80. The summed E-state index contributed by atoms with van der Waals surface area (Å²) in [5, 5.41) is 2.86. The third-order valence-corrected chi connectivity index (χ3v) is 3.98. The minimum absolute atomic E-state index is 0.0534. The van der Waals surface area contributed by atoms with Gasteiger partial charge in [-0.05, 0) is 63.2 Å². The van der Waals surface area contributed by atoms with Gasteiger partial charge in [0, 0.05) is 12.1 Å². The van der Waals surface area contributed by atoms with Crippen molar-refractivity contribution in [1.29, 1.82) is 0 Å². The number of hydrogen-bond donors (Lipinski definition) is 1. The molecule has 1 heterocycles. The molecule has 0 unspecified atom stereocenters. The summed E-state index contributed by atoms with van der Waals surface area (Å²) >= 11 is 0. The molecule has 1 aliphatic heterocycles. The molecule has 1 aliphatic rings. The summed E-state index contributed by atoms with van der Waals surface area (Å²) in [6.07, 6.45) is 6.08.